The van der Waals surface area contributed by atoms with Gasteiger partial charge in [-0.1, -0.05) is 30.8 Å². The van der Waals surface area contributed by atoms with Crippen LogP contribution in [0.5, 0.6) is 0 Å². The molecule has 0 atom stereocenters. The van der Waals surface area contributed by atoms with Crippen molar-refractivity contribution in [2.75, 3.05) is 13.6 Å². The third-order valence-corrected chi connectivity index (χ3v) is 5.09. The van der Waals surface area contributed by atoms with E-state index in [1.54, 1.807) is 7.05 Å². The van der Waals surface area contributed by atoms with E-state index in [2.05, 4.69) is 23.7 Å². The largest absolute Gasteiger partial charge is 0.405 e. The maximum Gasteiger partial charge on any atom is 0.125 e. The van der Waals surface area contributed by atoms with E-state index in [9.17, 15) is 0 Å². The molecule has 0 fully saturated rings. The molecule has 1 aromatic heterocycles. The zero-order chi connectivity index (χ0) is 19.4. The van der Waals surface area contributed by atoms with E-state index in [0.717, 1.165) is 59.3 Å². The molecule has 5 nitrogen and oxygen atoms in total. The standard InChI is InChI=1S/C22H27N5/c1-14(13-24)20-17-5-3-4-6-18(17)21(27-19(20)11-12-23)15-7-9-16(10-8-15)22(25)26-2/h7-12H,1,3-6,13,23-24H2,2H3,(H2,25,26)/b12-11-. The molecule has 0 aliphatic heterocycles. The van der Waals surface area contributed by atoms with E-state index in [4.69, 9.17) is 22.2 Å². The van der Waals surface area contributed by atoms with Crippen molar-refractivity contribution < 1.29 is 0 Å². The summed E-state index contributed by atoms with van der Waals surface area (Å²) in [4.78, 5) is 9.01. The number of hydrogen-bond donors (Lipinski definition) is 3. The van der Waals surface area contributed by atoms with Crippen LogP contribution in [0, 0.1) is 0 Å². The Morgan fingerprint density at radius 2 is 1.85 bits per heavy atom. The lowest BCUT2D eigenvalue weighted by Crippen LogP contribution is -2.15. The van der Waals surface area contributed by atoms with Crippen LogP contribution >= 0.6 is 0 Å². The fourth-order valence-corrected chi connectivity index (χ4v) is 3.72. The normalized spacial score (nSPS) is 14.4. The van der Waals surface area contributed by atoms with Crippen LogP contribution in [-0.2, 0) is 12.8 Å². The molecular weight excluding hydrogens is 334 g/mol. The lowest BCUT2D eigenvalue weighted by molar-refractivity contribution is 0.681. The molecule has 1 aromatic carbocycles. The highest BCUT2D eigenvalue weighted by atomic mass is 14.8. The summed E-state index contributed by atoms with van der Waals surface area (Å²) >= 11 is 0. The third kappa shape index (κ3) is 3.64. The zero-order valence-corrected chi connectivity index (χ0v) is 15.8. The number of hydrogen-bond acceptors (Lipinski definition) is 4. The lowest BCUT2D eigenvalue weighted by atomic mass is 9.83. The fraction of sp³-hybridized carbons (Fsp3) is 0.273. The number of aromatic nitrogens is 1. The van der Waals surface area contributed by atoms with Crippen LogP contribution in [-0.4, -0.2) is 24.4 Å². The average molecular weight is 361 g/mol. The molecule has 27 heavy (non-hydrogen) atoms. The predicted molar refractivity (Wildman–Crippen MR) is 114 cm³/mol. The molecule has 2 aromatic rings. The van der Waals surface area contributed by atoms with Crippen molar-refractivity contribution in [3.8, 4) is 11.3 Å². The first-order chi connectivity index (χ1) is 13.1. The average Bonchev–Trinajstić information content (AvgIpc) is 2.72. The van der Waals surface area contributed by atoms with Gasteiger partial charge in [-0.05, 0) is 54.7 Å². The Bertz CT molecular complexity index is 907. The molecule has 5 heteroatoms. The summed E-state index contributed by atoms with van der Waals surface area (Å²) in [6.45, 7) is 4.58. The molecule has 0 amide bonds. The lowest BCUT2D eigenvalue weighted by Gasteiger charge is -2.25. The SMILES string of the molecule is C=C(CN)c1c(/C=C\N)nc(-c2ccc(C(N)=NC)cc2)c2c1CCCC2. The van der Waals surface area contributed by atoms with E-state index >= 15 is 0 Å². The van der Waals surface area contributed by atoms with Gasteiger partial charge in [-0.3, -0.25) is 4.99 Å². The number of rotatable bonds is 5. The van der Waals surface area contributed by atoms with Gasteiger partial charge in [0.1, 0.15) is 5.84 Å². The van der Waals surface area contributed by atoms with Crippen LogP contribution in [0.3, 0.4) is 0 Å². The summed E-state index contributed by atoms with van der Waals surface area (Å²) in [5, 5.41) is 0. The first kappa shape index (κ1) is 18.9. The van der Waals surface area contributed by atoms with Gasteiger partial charge in [0, 0.05) is 30.3 Å². The Morgan fingerprint density at radius 3 is 2.44 bits per heavy atom. The second kappa shape index (κ2) is 8.18. The van der Waals surface area contributed by atoms with Gasteiger partial charge >= 0.3 is 0 Å². The molecule has 0 unspecified atom stereocenters. The zero-order valence-electron chi connectivity index (χ0n) is 15.8. The second-order valence-corrected chi connectivity index (χ2v) is 6.74. The molecule has 140 valence electrons. The number of fused-ring (bicyclic) bond motifs is 1. The van der Waals surface area contributed by atoms with Crippen molar-refractivity contribution >= 4 is 17.5 Å². The molecule has 0 spiro atoms. The van der Waals surface area contributed by atoms with Gasteiger partial charge in [-0.15, -0.1) is 0 Å². The molecule has 3 rings (SSSR count). The number of nitrogens with two attached hydrogens (primary N) is 3. The van der Waals surface area contributed by atoms with E-state index in [0.29, 0.717) is 12.4 Å². The summed E-state index contributed by atoms with van der Waals surface area (Å²) in [5.41, 5.74) is 25.9. The molecule has 6 N–H and O–H groups in total. The van der Waals surface area contributed by atoms with Crippen molar-refractivity contribution in [2.45, 2.75) is 25.7 Å². The van der Waals surface area contributed by atoms with E-state index in [1.807, 2.05) is 18.2 Å². The predicted octanol–water partition coefficient (Wildman–Crippen LogP) is 2.86. The van der Waals surface area contributed by atoms with Crippen molar-refractivity contribution in [3.05, 3.63) is 65.0 Å². The minimum absolute atomic E-state index is 0.406. The van der Waals surface area contributed by atoms with Crippen molar-refractivity contribution in [1.82, 2.24) is 4.98 Å². The molecule has 0 saturated heterocycles. The third-order valence-electron chi connectivity index (χ3n) is 5.09. The van der Waals surface area contributed by atoms with Gasteiger partial charge in [-0.25, -0.2) is 4.98 Å². The van der Waals surface area contributed by atoms with Crippen molar-refractivity contribution in [3.63, 3.8) is 0 Å². The van der Waals surface area contributed by atoms with Crippen LogP contribution in [0.1, 0.15) is 40.8 Å². The Morgan fingerprint density at radius 1 is 1.19 bits per heavy atom. The monoisotopic (exact) mass is 361 g/mol. The van der Waals surface area contributed by atoms with Crippen LogP contribution in [0.2, 0.25) is 0 Å². The number of benzene rings is 1. The van der Waals surface area contributed by atoms with E-state index in [-0.39, 0.29) is 0 Å². The Kier molecular flexibility index (Phi) is 5.72. The Hall–Kier alpha value is -2.92. The molecule has 0 radical (unpaired) electrons. The highest BCUT2D eigenvalue weighted by Crippen LogP contribution is 2.36. The summed E-state index contributed by atoms with van der Waals surface area (Å²) < 4.78 is 0. The quantitative estimate of drug-likeness (QED) is 0.563. The minimum Gasteiger partial charge on any atom is -0.405 e. The topological polar surface area (TPSA) is 103 Å². The molecule has 0 bridgehead atoms. The molecule has 1 aliphatic rings. The first-order valence-electron chi connectivity index (χ1n) is 9.26. The smallest absolute Gasteiger partial charge is 0.125 e. The summed E-state index contributed by atoms with van der Waals surface area (Å²) in [6.07, 6.45) is 7.71. The Balaban J connectivity index is 2.21. The molecular formula is C22H27N5. The number of nitrogens with zero attached hydrogens (tertiary/aromatic N) is 2. The van der Waals surface area contributed by atoms with Crippen LogP contribution < -0.4 is 17.2 Å². The molecule has 1 heterocycles. The second-order valence-electron chi connectivity index (χ2n) is 6.74. The highest BCUT2D eigenvalue weighted by Gasteiger charge is 2.23. The van der Waals surface area contributed by atoms with Crippen molar-refractivity contribution in [1.29, 1.82) is 0 Å². The van der Waals surface area contributed by atoms with Crippen LogP contribution in [0.15, 0.2) is 42.0 Å². The summed E-state index contributed by atoms with van der Waals surface area (Å²) in [7, 11) is 1.69. The summed E-state index contributed by atoms with van der Waals surface area (Å²) in [5.74, 6) is 0.526. The number of aliphatic imine (C=N–C) groups is 1. The molecule has 0 saturated carbocycles. The van der Waals surface area contributed by atoms with Gasteiger partial charge in [0.2, 0.25) is 0 Å². The summed E-state index contributed by atoms with van der Waals surface area (Å²) in [6, 6.07) is 8.08. The highest BCUT2D eigenvalue weighted by molar-refractivity contribution is 5.97. The van der Waals surface area contributed by atoms with Crippen LogP contribution in [0.4, 0.5) is 0 Å². The van der Waals surface area contributed by atoms with Crippen LogP contribution in [0.25, 0.3) is 22.9 Å². The van der Waals surface area contributed by atoms with Crippen molar-refractivity contribution in [2.24, 2.45) is 22.2 Å². The number of pyridine rings is 1. The maximum absolute atomic E-state index is 5.92. The number of amidine groups is 1. The molecule has 1 aliphatic carbocycles. The Labute approximate surface area is 160 Å². The van der Waals surface area contributed by atoms with Gasteiger partial charge < -0.3 is 17.2 Å². The van der Waals surface area contributed by atoms with Gasteiger partial charge in [-0.2, -0.15) is 0 Å². The van der Waals surface area contributed by atoms with E-state index in [1.165, 1.54) is 17.3 Å². The fourth-order valence-electron chi connectivity index (χ4n) is 3.72. The minimum atomic E-state index is 0.406. The maximum atomic E-state index is 5.92. The first-order valence-corrected chi connectivity index (χ1v) is 9.26. The van der Waals surface area contributed by atoms with Gasteiger partial charge in [0.25, 0.3) is 0 Å². The van der Waals surface area contributed by atoms with Gasteiger partial charge in [0.05, 0.1) is 11.4 Å². The van der Waals surface area contributed by atoms with E-state index < -0.39 is 0 Å². The van der Waals surface area contributed by atoms with Gasteiger partial charge in [0.15, 0.2) is 0 Å².